The molecule has 2 aromatic rings. The highest BCUT2D eigenvalue weighted by Crippen LogP contribution is 2.27. The number of halogens is 1. The topological polar surface area (TPSA) is 35.0 Å². The monoisotopic (exact) mass is 262 g/mol. The van der Waals surface area contributed by atoms with Crippen molar-refractivity contribution in [3.63, 3.8) is 0 Å². The quantitative estimate of drug-likeness (QED) is 0.813. The van der Waals surface area contributed by atoms with Crippen molar-refractivity contribution in [3.05, 3.63) is 47.1 Å². The average molecular weight is 263 g/mol. The average Bonchev–Trinajstić information content (AvgIpc) is 2.31. The van der Waals surface area contributed by atoms with Crippen molar-refractivity contribution in [2.75, 3.05) is 0 Å². The third-order valence-corrected chi connectivity index (χ3v) is 2.73. The highest BCUT2D eigenvalue weighted by Gasteiger charge is 2.14. The maximum absolute atomic E-state index is 5.67. The van der Waals surface area contributed by atoms with Crippen molar-refractivity contribution in [1.82, 2.24) is 10.2 Å². The first-order chi connectivity index (χ1) is 8.45. The highest BCUT2D eigenvalue weighted by molar-refractivity contribution is 6.29. The van der Waals surface area contributed by atoms with E-state index in [2.05, 4.69) is 37.0 Å². The van der Waals surface area contributed by atoms with Crippen LogP contribution in [0.15, 0.2) is 36.4 Å². The summed E-state index contributed by atoms with van der Waals surface area (Å²) >= 11 is 5.67. The summed E-state index contributed by atoms with van der Waals surface area (Å²) in [4.78, 5) is 0. The molecule has 1 heterocycles. The first kappa shape index (κ1) is 12.8. The van der Waals surface area contributed by atoms with E-state index < -0.39 is 0 Å². The van der Waals surface area contributed by atoms with E-state index in [4.69, 9.17) is 16.3 Å². The highest BCUT2D eigenvalue weighted by atomic mass is 35.5. The van der Waals surface area contributed by atoms with Crippen LogP contribution in [-0.4, -0.2) is 10.2 Å². The van der Waals surface area contributed by atoms with Crippen LogP contribution in [0.25, 0.3) is 0 Å². The number of rotatable bonds is 2. The van der Waals surface area contributed by atoms with E-state index in [1.807, 2.05) is 18.2 Å². The van der Waals surface area contributed by atoms with E-state index in [1.165, 1.54) is 5.56 Å². The maximum Gasteiger partial charge on any atom is 0.238 e. The Morgan fingerprint density at radius 3 is 2.44 bits per heavy atom. The molecule has 0 unspecified atom stereocenters. The van der Waals surface area contributed by atoms with E-state index in [0.29, 0.717) is 11.0 Å². The number of benzene rings is 1. The summed E-state index contributed by atoms with van der Waals surface area (Å²) in [6, 6.07) is 11.3. The molecule has 0 spiro atoms. The summed E-state index contributed by atoms with van der Waals surface area (Å²) < 4.78 is 5.64. The Hall–Kier alpha value is -1.61. The standard InChI is InChI=1S/C14H15ClN2O/c1-14(2,3)10-5-4-6-11(9-10)18-13-8-7-12(15)16-17-13/h4-9H,1-3H3. The largest absolute Gasteiger partial charge is 0.438 e. The lowest BCUT2D eigenvalue weighted by Crippen LogP contribution is -2.10. The van der Waals surface area contributed by atoms with Crippen LogP contribution < -0.4 is 4.74 Å². The molecule has 0 aliphatic carbocycles. The van der Waals surface area contributed by atoms with Gasteiger partial charge in [-0.1, -0.05) is 44.5 Å². The number of hydrogen-bond donors (Lipinski definition) is 0. The molecule has 0 bridgehead atoms. The molecule has 0 amide bonds. The predicted molar refractivity (Wildman–Crippen MR) is 72.3 cm³/mol. The van der Waals surface area contributed by atoms with Crippen LogP contribution in [0.3, 0.4) is 0 Å². The van der Waals surface area contributed by atoms with Gasteiger partial charge in [0.2, 0.25) is 5.88 Å². The minimum absolute atomic E-state index is 0.0883. The van der Waals surface area contributed by atoms with E-state index in [1.54, 1.807) is 12.1 Å². The predicted octanol–water partition coefficient (Wildman–Crippen LogP) is 4.22. The summed E-state index contributed by atoms with van der Waals surface area (Å²) in [5.41, 5.74) is 1.30. The summed E-state index contributed by atoms with van der Waals surface area (Å²) in [6.45, 7) is 6.48. The van der Waals surface area contributed by atoms with Gasteiger partial charge in [-0.3, -0.25) is 0 Å². The SMILES string of the molecule is CC(C)(C)c1cccc(Oc2ccc(Cl)nn2)c1. The molecule has 94 valence electrons. The molecule has 0 saturated heterocycles. The molecule has 0 N–H and O–H groups in total. The molecule has 3 nitrogen and oxygen atoms in total. The number of hydrogen-bond acceptors (Lipinski definition) is 3. The minimum Gasteiger partial charge on any atom is -0.438 e. The second-order valence-corrected chi connectivity index (χ2v) is 5.46. The van der Waals surface area contributed by atoms with Gasteiger partial charge in [-0.15, -0.1) is 10.2 Å². The van der Waals surface area contributed by atoms with Crippen molar-refractivity contribution in [1.29, 1.82) is 0 Å². The number of aromatic nitrogens is 2. The molecule has 0 saturated carbocycles. The first-order valence-corrected chi connectivity index (χ1v) is 6.10. The van der Waals surface area contributed by atoms with E-state index in [-0.39, 0.29) is 5.41 Å². The zero-order valence-corrected chi connectivity index (χ0v) is 11.4. The zero-order chi connectivity index (χ0) is 13.2. The molecule has 0 radical (unpaired) electrons. The number of ether oxygens (including phenoxy) is 1. The summed E-state index contributed by atoms with van der Waals surface area (Å²) in [7, 11) is 0. The third-order valence-electron chi connectivity index (χ3n) is 2.53. The van der Waals surface area contributed by atoms with Crippen LogP contribution in [-0.2, 0) is 5.41 Å². The maximum atomic E-state index is 5.67. The van der Waals surface area contributed by atoms with Gasteiger partial charge in [-0.2, -0.15) is 0 Å². The second-order valence-electron chi connectivity index (χ2n) is 5.07. The summed E-state index contributed by atoms with van der Waals surface area (Å²) in [5.74, 6) is 1.18. The van der Waals surface area contributed by atoms with Crippen LogP contribution >= 0.6 is 11.6 Å². The van der Waals surface area contributed by atoms with E-state index in [9.17, 15) is 0 Å². The third kappa shape index (κ3) is 3.20. The van der Waals surface area contributed by atoms with Crippen molar-refractivity contribution < 1.29 is 4.74 Å². The van der Waals surface area contributed by atoms with Gasteiger partial charge in [-0.05, 0) is 29.2 Å². The van der Waals surface area contributed by atoms with Gasteiger partial charge < -0.3 is 4.74 Å². The van der Waals surface area contributed by atoms with E-state index in [0.717, 1.165) is 5.75 Å². The Balaban J connectivity index is 2.22. The molecule has 0 aliphatic heterocycles. The fraction of sp³-hybridized carbons (Fsp3) is 0.286. The van der Waals surface area contributed by atoms with Crippen molar-refractivity contribution in [2.24, 2.45) is 0 Å². The number of nitrogens with zero attached hydrogens (tertiary/aromatic N) is 2. The normalized spacial score (nSPS) is 11.3. The van der Waals surface area contributed by atoms with Crippen molar-refractivity contribution in [3.8, 4) is 11.6 Å². The first-order valence-electron chi connectivity index (χ1n) is 5.73. The Morgan fingerprint density at radius 2 is 1.83 bits per heavy atom. The van der Waals surface area contributed by atoms with Crippen LogP contribution in [0.4, 0.5) is 0 Å². The molecule has 18 heavy (non-hydrogen) atoms. The Kier molecular flexibility index (Phi) is 3.53. The molecule has 0 fully saturated rings. The van der Waals surface area contributed by atoms with Crippen molar-refractivity contribution in [2.45, 2.75) is 26.2 Å². The molecule has 0 atom stereocenters. The molecule has 0 aliphatic rings. The Bertz CT molecular complexity index is 532. The second kappa shape index (κ2) is 4.94. The van der Waals surface area contributed by atoms with Crippen LogP contribution in [0.1, 0.15) is 26.3 Å². The lowest BCUT2D eigenvalue weighted by molar-refractivity contribution is 0.452. The lowest BCUT2D eigenvalue weighted by Gasteiger charge is -2.19. The summed E-state index contributed by atoms with van der Waals surface area (Å²) in [5, 5.41) is 7.95. The Morgan fingerprint density at radius 1 is 1.06 bits per heavy atom. The van der Waals surface area contributed by atoms with Gasteiger partial charge >= 0.3 is 0 Å². The van der Waals surface area contributed by atoms with Crippen molar-refractivity contribution >= 4 is 11.6 Å². The zero-order valence-electron chi connectivity index (χ0n) is 10.6. The molecular weight excluding hydrogens is 248 g/mol. The molecular formula is C14H15ClN2O. The van der Waals surface area contributed by atoms with Crippen LogP contribution in [0.5, 0.6) is 11.6 Å². The Labute approximate surface area is 112 Å². The molecule has 1 aromatic heterocycles. The molecule has 1 aromatic carbocycles. The van der Waals surface area contributed by atoms with E-state index >= 15 is 0 Å². The van der Waals surface area contributed by atoms with Gasteiger partial charge in [0.15, 0.2) is 5.15 Å². The molecule has 4 heteroatoms. The van der Waals surface area contributed by atoms with Gasteiger partial charge in [0, 0.05) is 6.07 Å². The van der Waals surface area contributed by atoms with Gasteiger partial charge in [0.25, 0.3) is 0 Å². The van der Waals surface area contributed by atoms with Gasteiger partial charge in [0.05, 0.1) is 0 Å². The van der Waals surface area contributed by atoms with Crippen LogP contribution in [0, 0.1) is 0 Å². The smallest absolute Gasteiger partial charge is 0.238 e. The van der Waals surface area contributed by atoms with Gasteiger partial charge in [-0.25, -0.2) is 0 Å². The van der Waals surface area contributed by atoms with Gasteiger partial charge in [0.1, 0.15) is 5.75 Å². The fourth-order valence-corrected chi connectivity index (χ4v) is 1.61. The molecule has 2 rings (SSSR count). The minimum atomic E-state index is 0.0883. The summed E-state index contributed by atoms with van der Waals surface area (Å²) in [6.07, 6.45) is 0. The fourth-order valence-electron chi connectivity index (χ4n) is 1.51. The lowest BCUT2D eigenvalue weighted by atomic mass is 9.87. The van der Waals surface area contributed by atoms with Crippen LogP contribution in [0.2, 0.25) is 5.15 Å².